The van der Waals surface area contributed by atoms with Crippen LogP contribution in [0.1, 0.15) is 12.0 Å². The topological polar surface area (TPSA) is 37.3 Å². The lowest BCUT2D eigenvalue weighted by atomic mass is 10.2. The standard InChI is InChI=1S/C11H14O2S3/c12-11(13)6-7-15-16-9-14-8-10-4-2-1-3-5-10/h1-5H,6-9H2,(H,12,13). The van der Waals surface area contributed by atoms with Crippen LogP contribution in [0.2, 0.25) is 0 Å². The summed E-state index contributed by atoms with van der Waals surface area (Å²) in [6.45, 7) is 0. The normalized spacial score (nSPS) is 10.2. The smallest absolute Gasteiger partial charge is 0.304 e. The first kappa shape index (κ1) is 13.8. The first-order chi connectivity index (χ1) is 7.79. The monoisotopic (exact) mass is 274 g/mol. The van der Waals surface area contributed by atoms with Crippen molar-refractivity contribution in [2.24, 2.45) is 0 Å². The SMILES string of the molecule is O=C(O)CCSSCSCc1ccccc1. The van der Waals surface area contributed by atoms with E-state index in [9.17, 15) is 4.79 Å². The Morgan fingerprint density at radius 2 is 1.94 bits per heavy atom. The molecule has 0 aromatic heterocycles. The number of hydrogen-bond acceptors (Lipinski definition) is 4. The van der Waals surface area contributed by atoms with E-state index in [1.807, 2.05) is 30.0 Å². The second kappa shape index (κ2) is 8.84. The Hall–Kier alpha value is -0.260. The molecule has 1 rings (SSSR count). The lowest BCUT2D eigenvalue weighted by Crippen LogP contribution is -1.94. The molecule has 0 saturated heterocycles. The molecule has 0 fully saturated rings. The van der Waals surface area contributed by atoms with E-state index < -0.39 is 5.97 Å². The molecular formula is C11H14O2S3. The number of carbonyl (C=O) groups is 1. The molecule has 0 saturated carbocycles. The van der Waals surface area contributed by atoms with Crippen molar-refractivity contribution in [3.63, 3.8) is 0 Å². The van der Waals surface area contributed by atoms with E-state index in [4.69, 9.17) is 5.11 Å². The van der Waals surface area contributed by atoms with E-state index in [2.05, 4.69) is 12.1 Å². The van der Waals surface area contributed by atoms with Gasteiger partial charge in [0.1, 0.15) is 0 Å². The summed E-state index contributed by atoms with van der Waals surface area (Å²) in [5.41, 5.74) is 1.34. The summed E-state index contributed by atoms with van der Waals surface area (Å²) in [5, 5.41) is 9.44. The van der Waals surface area contributed by atoms with Crippen molar-refractivity contribution in [2.45, 2.75) is 12.2 Å². The summed E-state index contributed by atoms with van der Waals surface area (Å²) >= 11 is 1.86. The van der Waals surface area contributed by atoms with Crippen LogP contribution < -0.4 is 0 Å². The molecule has 1 aromatic carbocycles. The van der Waals surface area contributed by atoms with E-state index in [1.54, 1.807) is 21.6 Å². The Labute approximate surface area is 108 Å². The molecule has 0 unspecified atom stereocenters. The number of carboxylic acids is 1. The number of thioether (sulfide) groups is 1. The van der Waals surface area contributed by atoms with Gasteiger partial charge in [-0.1, -0.05) is 51.9 Å². The molecule has 0 aliphatic heterocycles. The Bertz CT molecular complexity index is 303. The van der Waals surface area contributed by atoms with Gasteiger partial charge in [0.25, 0.3) is 0 Å². The van der Waals surface area contributed by atoms with Crippen LogP contribution in [-0.2, 0) is 10.5 Å². The minimum absolute atomic E-state index is 0.251. The number of hydrogen-bond donors (Lipinski definition) is 1. The van der Waals surface area contributed by atoms with Crippen LogP contribution in [0.4, 0.5) is 0 Å². The predicted octanol–water partition coefficient (Wildman–Crippen LogP) is 3.73. The number of aliphatic carboxylic acids is 1. The third-order valence-corrected chi connectivity index (χ3v) is 5.72. The largest absolute Gasteiger partial charge is 0.481 e. The minimum Gasteiger partial charge on any atom is -0.481 e. The Balaban J connectivity index is 1.94. The second-order valence-corrected chi connectivity index (χ2v) is 6.97. The Morgan fingerprint density at radius 1 is 1.19 bits per heavy atom. The van der Waals surface area contributed by atoms with Crippen LogP contribution in [0.3, 0.4) is 0 Å². The maximum Gasteiger partial charge on any atom is 0.304 e. The number of carboxylic acid groups (broad SMARTS) is 1. The molecule has 0 atom stereocenters. The molecule has 88 valence electrons. The molecule has 0 amide bonds. The third-order valence-electron chi connectivity index (χ3n) is 1.73. The van der Waals surface area contributed by atoms with Gasteiger partial charge in [-0.3, -0.25) is 4.79 Å². The number of rotatable bonds is 8. The van der Waals surface area contributed by atoms with Crippen molar-refractivity contribution in [1.29, 1.82) is 0 Å². The van der Waals surface area contributed by atoms with Crippen LogP contribution in [-0.4, -0.2) is 21.9 Å². The van der Waals surface area contributed by atoms with Gasteiger partial charge in [-0.25, -0.2) is 0 Å². The molecule has 0 bridgehead atoms. The molecule has 5 heteroatoms. The fraction of sp³-hybridized carbons (Fsp3) is 0.364. The molecule has 1 aromatic rings. The number of benzene rings is 1. The highest BCUT2D eigenvalue weighted by Gasteiger charge is 1.97. The van der Waals surface area contributed by atoms with Gasteiger partial charge >= 0.3 is 5.97 Å². The van der Waals surface area contributed by atoms with Crippen LogP contribution in [0.25, 0.3) is 0 Å². The lowest BCUT2D eigenvalue weighted by molar-refractivity contribution is -0.136. The third kappa shape index (κ3) is 7.09. The summed E-state index contributed by atoms with van der Waals surface area (Å²) < 4.78 is 0. The van der Waals surface area contributed by atoms with Crippen LogP contribution in [0.15, 0.2) is 30.3 Å². The zero-order valence-corrected chi connectivity index (χ0v) is 11.2. The van der Waals surface area contributed by atoms with Gasteiger partial charge in [-0.2, -0.15) is 0 Å². The molecule has 0 radical (unpaired) electrons. The van der Waals surface area contributed by atoms with Gasteiger partial charge in [0.2, 0.25) is 0 Å². The zero-order chi connectivity index (χ0) is 11.6. The predicted molar refractivity (Wildman–Crippen MR) is 74.9 cm³/mol. The molecule has 0 aliphatic rings. The summed E-state index contributed by atoms with van der Waals surface area (Å²) in [5.74, 6) is 0.990. The van der Waals surface area contributed by atoms with Gasteiger partial charge < -0.3 is 5.11 Å². The van der Waals surface area contributed by atoms with E-state index >= 15 is 0 Å². The van der Waals surface area contributed by atoms with Gasteiger partial charge in [0.15, 0.2) is 0 Å². The first-order valence-electron chi connectivity index (χ1n) is 4.87. The molecule has 1 N–H and O–H groups in total. The van der Waals surface area contributed by atoms with Crippen molar-refractivity contribution >= 4 is 39.3 Å². The van der Waals surface area contributed by atoms with Crippen molar-refractivity contribution in [1.82, 2.24) is 0 Å². The molecule has 2 nitrogen and oxygen atoms in total. The molecule has 16 heavy (non-hydrogen) atoms. The van der Waals surface area contributed by atoms with Gasteiger partial charge in [-0.05, 0) is 5.56 Å². The van der Waals surface area contributed by atoms with E-state index in [0.717, 1.165) is 10.8 Å². The van der Waals surface area contributed by atoms with Crippen molar-refractivity contribution in [3.05, 3.63) is 35.9 Å². The van der Waals surface area contributed by atoms with Crippen LogP contribution in [0, 0.1) is 0 Å². The molecule has 0 heterocycles. The van der Waals surface area contributed by atoms with Gasteiger partial charge in [0.05, 0.1) is 6.42 Å². The van der Waals surface area contributed by atoms with Crippen molar-refractivity contribution < 1.29 is 9.90 Å². The quantitative estimate of drug-likeness (QED) is 0.444. The first-order valence-corrected chi connectivity index (χ1v) is 8.51. The lowest BCUT2D eigenvalue weighted by Gasteiger charge is -2.01. The molecule has 0 spiro atoms. The van der Waals surface area contributed by atoms with E-state index in [1.165, 1.54) is 5.56 Å². The summed E-state index contributed by atoms with van der Waals surface area (Å²) in [7, 11) is 3.36. The fourth-order valence-electron chi connectivity index (χ4n) is 0.990. The van der Waals surface area contributed by atoms with Crippen molar-refractivity contribution in [2.75, 3.05) is 10.8 Å². The highest BCUT2D eigenvalue weighted by molar-refractivity contribution is 8.78. The van der Waals surface area contributed by atoms with Gasteiger partial charge in [-0.15, -0.1) is 11.8 Å². The minimum atomic E-state index is -0.718. The fourth-order valence-corrected chi connectivity index (χ4v) is 4.50. The van der Waals surface area contributed by atoms with Crippen LogP contribution >= 0.6 is 33.3 Å². The average molecular weight is 274 g/mol. The molecule has 0 aliphatic carbocycles. The Kier molecular flexibility index (Phi) is 7.63. The molecular weight excluding hydrogens is 260 g/mol. The maximum absolute atomic E-state index is 10.2. The highest BCUT2D eigenvalue weighted by Crippen LogP contribution is 2.27. The van der Waals surface area contributed by atoms with Crippen LogP contribution in [0.5, 0.6) is 0 Å². The Morgan fingerprint density at radius 3 is 2.62 bits per heavy atom. The van der Waals surface area contributed by atoms with Gasteiger partial charge in [0, 0.05) is 16.6 Å². The van der Waals surface area contributed by atoms with Crippen molar-refractivity contribution in [3.8, 4) is 0 Å². The van der Waals surface area contributed by atoms with E-state index in [0.29, 0.717) is 5.75 Å². The second-order valence-electron chi connectivity index (χ2n) is 3.04. The summed E-state index contributed by atoms with van der Waals surface area (Å²) in [6.07, 6.45) is 0.251. The summed E-state index contributed by atoms with van der Waals surface area (Å²) in [4.78, 5) is 10.2. The zero-order valence-electron chi connectivity index (χ0n) is 8.80. The highest BCUT2D eigenvalue weighted by atomic mass is 33.1. The average Bonchev–Trinajstić information content (AvgIpc) is 2.29. The van der Waals surface area contributed by atoms with E-state index in [-0.39, 0.29) is 6.42 Å². The summed E-state index contributed by atoms with van der Waals surface area (Å²) in [6, 6.07) is 10.4. The maximum atomic E-state index is 10.2.